The SMILES string of the molecule is Cl.Clc1ccc(C2=CCCNC2)cc1Cl. The van der Waals surface area contributed by atoms with Crippen LogP contribution in [0.4, 0.5) is 0 Å². The highest BCUT2D eigenvalue weighted by molar-refractivity contribution is 6.42. The molecular weight excluding hydrogens is 252 g/mol. The van der Waals surface area contributed by atoms with Crippen molar-refractivity contribution in [3.05, 3.63) is 39.9 Å². The van der Waals surface area contributed by atoms with Gasteiger partial charge in [0.2, 0.25) is 0 Å². The third-order valence-corrected chi connectivity index (χ3v) is 3.06. The Bertz CT molecular complexity index is 374. The molecule has 0 amide bonds. The number of hydrogen-bond acceptors (Lipinski definition) is 1. The van der Waals surface area contributed by atoms with Crippen molar-refractivity contribution in [2.24, 2.45) is 0 Å². The van der Waals surface area contributed by atoms with Gasteiger partial charge in [-0.15, -0.1) is 12.4 Å². The molecule has 1 aromatic rings. The van der Waals surface area contributed by atoms with Gasteiger partial charge in [0.1, 0.15) is 0 Å². The molecule has 4 heteroatoms. The van der Waals surface area contributed by atoms with Gasteiger partial charge in [-0.1, -0.05) is 35.3 Å². The molecule has 0 saturated carbocycles. The van der Waals surface area contributed by atoms with Crippen LogP contribution < -0.4 is 5.32 Å². The van der Waals surface area contributed by atoms with Crippen molar-refractivity contribution in [2.75, 3.05) is 13.1 Å². The molecule has 1 aromatic carbocycles. The zero-order chi connectivity index (χ0) is 9.97. The molecule has 15 heavy (non-hydrogen) atoms. The monoisotopic (exact) mass is 263 g/mol. The van der Waals surface area contributed by atoms with Crippen LogP contribution in [0.15, 0.2) is 24.3 Å². The number of hydrogen-bond donors (Lipinski definition) is 1. The van der Waals surface area contributed by atoms with Crippen LogP contribution in [0.3, 0.4) is 0 Å². The predicted octanol–water partition coefficient (Wildman–Crippen LogP) is 3.79. The Balaban J connectivity index is 0.00000112. The lowest BCUT2D eigenvalue weighted by Crippen LogP contribution is -2.21. The van der Waals surface area contributed by atoms with Crippen molar-refractivity contribution in [1.82, 2.24) is 5.32 Å². The lowest BCUT2D eigenvalue weighted by molar-refractivity contribution is 0.739. The Morgan fingerprint density at radius 2 is 1.93 bits per heavy atom. The van der Waals surface area contributed by atoms with Gasteiger partial charge in [0, 0.05) is 6.54 Å². The summed E-state index contributed by atoms with van der Waals surface area (Å²) in [5.41, 5.74) is 2.46. The summed E-state index contributed by atoms with van der Waals surface area (Å²) in [4.78, 5) is 0. The summed E-state index contributed by atoms with van der Waals surface area (Å²) in [7, 11) is 0. The first-order chi connectivity index (χ1) is 6.77. The fraction of sp³-hybridized carbons (Fsp3) is 0.273. The van der Waals surface area contributed by atoms with E-state index in [1.807, 2.05) is 18.2 Å². The van der Waals surface area contributed by atoms with E-state index < -0.39 is 0 Å². The maximum absolute atomic E-state index is 5.95. The molecule has 0 aromatic heterocycles. The number of halogens is 3. The zero-order valence-corrected chi connectivity index (χ0v) is 10.4. The van der Waals surface area contributed by atoms with Crippen LogP contribution in [0.1, 0.15) is 12.0 Å². The van der Waals surface area contributed by atoms with Crippen LogP contribution in [0.25, 0.3) is 5.57 Å². The first-order valence-corrected chi connectivity index (χ1v) is 5.38. The van der Waals surface area contributed by atoms with E-state index in [2.05, 4.69) is 11.4 Å². The third kappa shape index (κ3) is 3.12. The molecule has 0 radical (unpaired) electrons. The summed E-state index contributed by atoms with van der Waals surface area (Å²) in [5.74, 6) is 0. The quantitative estimate of drug-likeness (QED) is 0.814. The Morgan fingerprint density at radius 1 is 1.13 bits per heavy atom. The molecule has 0 fully saturated rings. The Morgan fingerprint density at radius 3 is 2.53 bits per heavy atom. The summed E-state index contributed by atoms with van der Waals surface area (Å²) >= 11 is 11.8. The summed E-state index contributed by atoms with van der Waals surface area (Å²) in [6.07, 6.45) is 3.33. The van der Waals surface area contributed by atoms with Gasteiger partial charge in [0.15, 0.2) is 0 Å². The molecule has 0 unspecified atom stereocenters. The lowest BCUT2D eigenvalue weighted by atomic mass is 10.0. The van der Waals surface area contributed by atoms with E-state index in [1.54, 1.807) is 0 Å². The molecule has 2 rings (SSSR count). The van der Waals surface area contributed by atoms with E-state index in [4.69, 9.17) is 23.2 Å². The fourth-order valence-electron chi connectivity index (χ4n) is 1.56. The van der Waals surface area contributed by atoms with Gasteiger partial charge in [-0.25, -0.2) is 0 Å². The van der Waals surface area contributed by atoms with Crippen LogP contribution in [-0.2, 0) is 0 Å². The van der Waals surface area contributed by atoms with Crippen molar-refractivity contribution in [2.45, 2.75) is 6.42 Å². The van der Waals surface area contributed by atoms with Crippen LogP contribution in [0.5, 0.6) is 0 Å². The molecular formula is C11H12Cl3N. The van der Waals surface area contributed by atoms with Crippen molar-refractivity contribution in [3.63, 3.8) is 0 Å². The van der Waals surface area contributed by atoms with E-state index in [1.165, 1.54) is 5.57 Å². The van der Waals surface area contributed by atoms with Crippen LogP contribution >= 0.6 is 35.6 Å². The van der Waals surface area contributed by atoms with Crippen LogP contribution in [0, 0.1) is 0 Å². The molecule has 1 aliphatic heterocycles. The van der Waals surface area contributed by atoms with E-state index >= 15 is 0 Å². The number of benzene rings is 1. The van der Waals surface area contributed by atoms with E-state index in [9.17, 15) is 0 Å². The molecule has 1 aliphatic rings. The predicted molar refractivity (Wildman–Crippen MR) is 69.2 cm³/mol. The third-order valence-electron chi connectivity index (χ3n) is 2.32. The highest BCUT2D eigenvalue weighted by atomic mass is 35.5. The minimum absolute atomic E-state index is 0. The van der Waals surface area contributed by atoms with E-state index in [0.29, 0.717) is 10.0 Å². The normalized spacial score (nSPS) is 15.5. The van der Waals surface area contributed by atoms with Gasteiger partial charge in [0.05, 0.1) is 10.0 Å². The van der Waals surface area contributed by atoms with Gasteiger partial charge in [-0.05, 0) is 36.2 Å². The van der Waals surface area contributed by atoms with Crippen molar-refractivity contribution in [1.29, 1.82) is 0 Å². The standard InChI is InChI=1S/C11H11Cl2N.ClH/c12-10-4-3-8(6-11(10)13)9-2-1-5-14-7-9;/h2-4,6,14H,1,5,7H2;1H. The first-order valence-electron chi connectivity index (χ1n) is 4.62. The Hall–Kier alpha value is -0.210. The van der Waals surface area contributed by atoms with Crippen molar-refractivity contribution >= 4 is 41.2 Å². The zero-order valence-electron chi connectivity index (χ0n) is 8.09. The molecule has 1 N–H and O–H groups in total. The van der Waals surface area contributed by atoms with E-state index in [-0.39, 0.29) is 12.4 Å². The topological polar surface area (TPSA) is 12.0 Å². The average Bonchev–Trinajstić information content (AvgIpc) is 2.23. The fourth-order valence-corrected chi connectivity index (χ4v) is 1.86. The maximum Gasteiger partial charge on any atom is 0.0598 e. The van der Waals surface area contributed by atoms with Crippen molar-refractivity contribution < 1.29 is 0 Å². The van der Waals surface area contributed by atoms with E-state index in [0.717, 1.165) is 25.1 Å². The van der Waals surface area contributed by atoms with Gasteiger partial charge in [0.25, 0.3) is 0 Å². The second kappa shape index (κ2) is 5.76. The number of nitrogens with one attached hydrogen (secondary N) is 1. The summed E-state index contributed by atoms with van der Waals surface area (Å²) in [6.45, 7) is 1.97. The van der Waals surface area contributed by atoms with Gasteiger partial charge in [-0.2, -0.15) is 0 Å². The van der Waals surface area contributed by atoms with Crippen molar-refractivity contribution in [3.8, 4) is 0 Å². The highest BCUT2D eigenvalue weighted by Crippen LogP contribution is 2.26. The highest BCUT2D eigenvalue weighted by Gasteiger charge is 2.07. The Labute approximate surface area is 106 Å². The van der Waals surface area contributed by atoms with Crippen LogP contribution in [0.2, 0.25) is 10.0 Å². The second-order valence-electron chi connectivity index (χ2n) is 3.32. The molecule has 1 nitrogen and oxygen atoms in total. The summed E-state index contributed by atoms with van der Waals surface area (Å²) < 4.78 is 0. The molecule has 82 valence electrons. The maximum atomic E-state index is 5.95. The lowest BCUT2D eigenvalue weighted by Gasteiger charge is -2.14. The first kappa shape index (κ1) is 12.9. The van der Waals surface area contributed by atoms with Gasteiger partial charge >= 0.3 is 0 Å². The number of rotatable bonds is 1. The second-order valence-corrected chi connectivity index (χ2v) is 4.14. The molecule has 0 aliphatic carbocycles. The minimum atomic E-state index is 0. The minimum Gasteiger partial charge on any atom is -0.312 e. The molecule has 0 spiro atoms. The summed E-state index contributed by atoms with van der Waals surface area (Å²) in [5, 5.41) is 4.55. The molecule has 0 atom stereocenters. The smallest absolute Gasteiger partial charge is 0.0598 e. The van der Waals surface area contributed by atoms with Gasteiger partial charge < -0.3 is 5.32 Å². The molecule has 1 heterocycles. The van der Waals surface area contributed by atoms with Gasteiger partial charge in [-0.3, -0.25) is 0 Å². The van der Waals surface area contributed by atoms with Crippen LogP contribution in [-0.4, -0.2) is 13.1 Å². The average molecular weight is 265 g/mol. The molecule has 0 bridgehead atoms. The summed E-state index contributed by atoms with van der Waals surface area (Å²) in [6, 6.07) is 5.77. The largest absolute Gasteiger partial charge is 0.312 e. The Kier molecular flexibility index (Phi) is 4.94. The molecule has 0 saturated heterocycles.